The van der Waals surface area contributed by atoms with Crippen molar-refractivity contribution in [2.75, 3.05) is 0 Å². The number of phenols is 1. The molecule has 1 saturated carbocycles. The molecule has 0 saturated heterocycles. The van der Waals surface area contributed by atoms with Crippen LogP contribution in [0.2, 0.25) is 0 Å². The van der Waals surface area contributed by atoms with E-state index in [0.717, 1.165) is 36.8 Å². The van der Waals surface area contributed by atoms with Crippen LogP contribution in [0.15, 0.2) is 18.2 Å². The second kappa shape index (κ2) is 4.93. The molecule has 2 heteroatoms. The minimum absolute atomic E-state index is 0.0576. The maximum atomic E-state index is 10.2. The topological polar surface area (TPSA) is 40.5 Å². The van der Waals surface area contributed by atoms with Crippen molar-refractivity contribution in [1.29, 1.82) is 0 Å². The van der Waals surface area contributed by atoms with E-state index < -0.39 is 0 Å². The van der Waals surface area contributed by atoms with Crippen LogP contribution in [-0.2, 0) is 5.41 Å². The zero-order valence-electron chi connectivity index (χ0n) is 11.6. The van der Waals surface area contributed by atoms with Gasteiger partial charge >= 0.3 is 0 Å². The van der Waals surface area contributed by atoms with E-state index >= 15 is 0 Å². The lowest BCUT2D eigenvalue weighted by Crippen LogP contribution is -2.18. The fourth-order valence-corrected chi connectivity index (χ4v) is 2.80. The van der Waals surface area contributed by atoms with Crippen molar-refractivity contribution in [2.24, 2.45) is 0 Å². The Morgan fingerprint density at radius 2 is 1.89 bits per heavy atom. The molecule has 1 aromatic rings. The monoisotopic (exact) mass is 248 g/mol. The zero-order chi connectivity index (χ0) is 13.3. The molecule has 0 aliphatic heterocycles. The summed E-state index contributed by atoms with van der Waals surface area (Å²) < 4.78 is 0. The van der Waals surface area contributed by atoms with Gasteiger partial charge in [0, 0.05) is 0 Å². The van der Waals surface area contributed by atoms with E-state index in [-0.39, 0.29) is 11.5 Å². The average Bonchev–Trinajstić information content (AvgIpc) is 2.27. The molecule has 1 aromatic carbocycles. The number of benzene rings is 1. The van der Waals surface area contributed by atoms with Crippen molar-refractivity contribution < 1.29 is 10.2 Å². The lowest BCUT2D eigenvalue weighted by atomic mass is 9.80. The lowest BCUT2D eigenvalue weighted by Gasteiger charge is -2.28. The molecule has 2 rings (SSSR count). The number of aliphatic hydroxyl groups excluding tert-OH is 1. The van der Waals surface area contributed by atoms with Crippen LogP contribution in [0.3, 0.4) is 0 Å². The van der Waals surface area contributed by atoms with Crippen molar-refractivity contribution in [2.45, 2.75) is 63.9 Å². The number of hydrogen-bond acceptors (Lipinski definition) is 2. The summed E-state index contributed by atoms with van der Waals surface area (Å²) in [5.41, 5.74) is 2.21. The summed E-state index contributed by atoms with van der Waals surface area (Å²) >= 11 is 0. The van der Waals surface area contributed by atoms with E-state index in [2.05, 4.69) is 26.8 Å². The molecule has 2 unspecified atom stereocenters. The number of rotatable bonds is 1. The van der Waals surface area contributed by atoms with Crippen LogP contribution >= 0.6 is 0 Å². The zero-order valence-corrected chi connectivity index (χ0v) is 11.6. The van der Waals surface area contributed by atoms with Crippen molar-refractivity contribution in [1.82, 2.24) is 0 Å². The fraction of sp³-hybridized carbons (Fsp3) is 0.625. The summed E-state index contributed by atoms with van der Waals surface area (Å²) in [5, 5.41) is 19.9. The highest BCUT2D eigenvalue weighted by Gasteiger charge is 2.24. The van der Waals surface area contributed by atoms with E-state index in [1.54, 1.807) is 0 Å². The summed E-state index contributed by atoms with van der Waals surface area (Å²) in [4.78, 5) is 0. The maximum Gasteiger partial charge on any atom is 0.119 e. The molecule has 1 aliphatic rings. The van der Waals surface area contributed by atoms with Crippen LogP contribution in [0, 0.1) is 0 Å². The van der Waals surface area contributed by atoms with Crippen LogP contribution < -0.4 is 0 Å². The molecule has 2 atom stereocenters. The first-order valence-corrected chi connectivity index (χ1v) is 6.89. The normalized spacial score (nSPS) is 25.1. The summed E-state index contributed by atoms with van der Waals surface area (Å²) in [6.07, 6.45) is 3.59. The number of aromatic hydroxyl groups is 1. The largest absolute Gasteiger partial charge is 0.508 e. The van der Waals surface area contributed by atoms with Gasteiger partial charge in [0.05, 0.1) is 6.10 Å². The fourth-order valence-electron chi connectivity index (χ4n) is 2.80. The Balaban J connectivity index is 2.24. The number of hydrogen-bond donors (Lipinski definition) is 2. The van der Waals surface area contributed by atoms with Gasteiger partial charge in [-0.05, 0) is 47.8 Å². The summed E-state index contributed by atoms with van der Waals surface area (Å²) in [6, 6.07) is 6.03. The standard InChI is InChI=1S/C16H24O2/c1-16(2,3)12-7-8-14(15(18)10-12)11-5-4-6-13(17)9-11/h7-8,10-11,13,17-18H,4-6,9H2,1-3H3. The quantitative estimate of drug-likeness (QED) is 0.795. The SMILES string of the molecule is CC(C)(C)c1ccc(C2CCCC(O)C2)c(O)c1. The predicted molar refractivity (Wildman–Crippen MR) is 74.0 cm³/mol. The first kappa shape index (κ1) is 13.4. The summed E-state index contributed by atoms with van der Waals surface area (Å²) in [5.74, 6) is 0.698. The van der Waals surface area contributed by atoms with Gasteiger partial charge in [0.25, 0.3) is 0 Å². The van der Waals surface area contributed by atoms with Crippen LogP contribution in [0.4, 0.5) is 0 Å². The van der Waals surface area contributed by atoms with Gasteiger partial charge in [0.2, 0.25) is 0 Å². The van der Waals surface area contributed by atoms with Crippen LogP contribution in [0.1, 0.15) is 63.5 Å². The molecule has 18 heavy (non-hydrogen) atoms. The average molecular weight is 248 g/mol. The molecule has 0 bridgehead atoms. The highest BCUT2D eigenvalue weighted by Crippen LogP contribution is 2.38. The van der Waals surface area contributed by atoms with Gasteiger partial charge in [-0.25, -0.2) is 0 Å². The molecule has 100 valence electrons. The molecular formula is C16H24O2. The van der Waals surface area contributed by atoms with Gasteiger partial charge < -0.3 is 10.2 Å². The summed E-state index contributed by atoms with van der Waals surface area (Å²) in [6.45, 7) is 6.43. The molecule has 0 aromatic heterocycles. The molecule has 1 aliphatic carbocycles. The predicted octanol–water partition coefficient (Wildman–Crippen LogP) is 3.71. The second-order valence-corrected chi connectivity index (χ2v) is 6.54. The Morgan fingerprint density at radius 3 is 2.44 bits per heavy atom. The van der Waals surface area contributed by atoms with Gasteiger partial charge in [-0.3, -0.25) is 0 Å². The van der Waals surface area contributed by atoms with Crippen molar-refractivity contribution in [3.8, 4) is 5.75 Å². The Labute approximate surface area is 110 Å². The Hall–Kier alpha value is -1.02. The van der Waals surface area contributed by atoms with Crippen LogP contribution in [-0.4, -0.2) is 16.3 Å². The Kier molecular flexibility index (Phi) is 3.67. The highest BCUT2D eigenvalue weighted by molar-refractivity contribution is 5.41. The smallest absolute Gasteiger partial charge is 0.119 e. The highest BCUT2D eigenvalue weighted by atomic mass is 16.3. The molecule has 0 heterocycles. The van der Waals surface area contributed by atoms with Crippen LogP contribution in [0.25, 0.3) is 0 Å². The Bertz CT molecular complexity index is 418. The van der Waals surface area contributed by atoms with E-state index in [0.29, 0.717) is 11.7 Å². The van der Waals surface area contributed by atoms with Gasteiger partial charge in [0.15, 0.2) is 0 Å². The molecule has 1 fully saturated rings. The first-order chi connectivity index (χ1) is 8.38. The molecular weight excluding hydrogens is 224 g/mol. The number of aliphatic hydroxyl groups is 1. The third-order valence-electron chi connectivity index (χ3n) is 3.98. The van der Waals surface area contributed by atoms with Crippen molar-refractivity contribution in [3.63, 3.8) is 0 Å². The third-order valence-corrected chi connectivity index (χ3v) is 3.98. The molecule has 0 amide bonds. The van der Waals surface area contributed by atoms with Crippen molar-refractivity contribution in [3.05, 3.63) is 29.3 Å². The molecule has 2 nitrogen and oxygen atoms in total. The lowest BCUT2D eigenvalue weighted by molar-refractivity contribution is 0.119. The van der Waals surface area contributed by atoms with E-state index in [1.165, 1.54) is 0 Å². The van der Waals surface area contributed by atoms with E-state index in [4.69, 9.17) is 0 Å². The Morgan fingerprint density at radius 1 is 1.17 bits per heavy atom. The van der Waals surface area contributed by atoms with Gasteiger partial charge in [-0.1, -0.05) is 39.3 Å². The summed E-state index contributed by atoms with van der Waals surface area (Å²) in [7, 11) is 0. The second-order valence-electron chi connectivity index (χ2n) is 6.54. The van der Waals surface area contributed by atoms with Gasteiger partial charge in [-0.2, -0.15) is 0 Å². The minimum atomic E-state index is -0.203. The molecule has 2 N–H and O–H groups in total. The third kappa shape index (κ3) is 2.86. The van der Waals surface area contributed by atoms with Crippen LogP contribution in [0.5, 0.6) is 5.75 Å². The van der Waals surface area contributed by atoms with Crippen molar-refractivity contribution >= 4 is 0 Å². The van der Waals surface area contributed by atoms with Gasteiger partial charge in [0.1, 0.15) is 5.75 Å². The minimum Gasteiger partial charge on any atom is -0.508 e. The first-order valence-electron chi connectivity index (χ1n) is 6.89. The molecule has 0 radical (unpaired) electrons. The van der Waals surface area contributed by atoms with E-state index in [9.17, 15) is 10.2 Å². The molecule has 0 spiro atoms. The number of phenolic OH excluding ortho intramolecular Hbond substituents is 1. The maximum absolute atomic E-state index is 10.2. The van der Waals surface area contributed by atoms with Gasteiger partial charge in [-0.15, -0.1) is 0 Å². The van der Waals surface area contributed by atoms with E-state index in [1.807, 2.05) is 12.1 Å².